The van der Waals surface area contributed by atoms with Crippen molar-refractivity contribution in [3.8, 4) is 0 Å². The number of rotatable bonds is 11. The average molecular weight is 635 g/mol. The number of nitrogens with one attached hydrogen (secondary N) is 1. The van der Waals surface area contributed by atoms with Crippen molar-refractivity contribution in [2.24, 2.45) is 0 Å². The second-order valence-electron chi connectivity index (χ2n) is 10.5. The number of carbonyl (C=O) groups is 2. The lowest BCUT2D eigenvalue weighted by Crippen LogP contribution is -2.53. The summed E-state index contributed by atoms with van der Waals surface area (Å²) in [5.74, 6) is -1.35. The van der Waals surface area contributed by atoms with Gasteiger partial charge in [-0.1, -0.05) is 72.8 Å². The van der Waals surface area contributed by atoms with Gasteiger partial charge in [0.1, 0.15) is 18.4 Å². The van der Waals surface area contributed by atoms with Crippen LogP contribution in [0.4, 0.5) is 10.1 Å². The topological polar surface area (TPSA) is 86.8 Å². The maximum Gasteiger partial charge on any atom is 0.264 e. The number of nitrogens with zero attached hydrogens (tertiary/aromatic N) is 2. The van der Waals surface area contributed by atoms with E-state index in [0.29, 0.717) is 12.0 Å². The molecule has 0 saturated heterocycles. The average Bonchev–Trinajstić information content (AvgIpc) is 3.45. The Balaban J connectivity index is 1.73. The largest absolute Gasteiger partial charge is 0.352 e. The number of aryl methyl sites for hydroxylation is 1. The Morgan fingerprint density at radius 3 is 2.14 bits per heavy atom. The lowest BCUT2D eigenvalue weighted by molar-refractivity contribution is -0.140. The van der Waals surface area contributed by atoms with Gasteiger partial charge in [0.25, 0.3) is 10.0 Å². The first-order valence-electron chi connectivity index (χ1n) is 13.9. The van der Waals surface area contributed by atoms with Crippen LogP contribution in [0.5, 0.6) is 0 Å². The molecular formula is C31H34Cl2FN3O4S. The summed E-state index contributed by atoms with van der Waals surface area (Å²) in [5, 5.41) is 3.45. The molecule has 1 atom stereocenters. The van der Waals surface area contributed by atoms with E-state index in [9.17, 15) is 22.4 Å². The highest BCUT2D eigenvalue weighted by Gasteiger charge is 2.34. The normalized spacial score (nSPS) is 14.4. The van der Waals surface area contributed by atoms with Gasteiger partial charge in [-0.2, -0.15) is 0 Å². The SMILES string of the molecule is CCC(C(=O)NC1CCCC1)N(Cc1ccc(F)cc1)C(=O)CN(c1cc(Cl)cc(Cl)c1)S(=O)(=O)c1ccc(C)cc1. The van der Waals surface area contributed by atoms with E-state index >= 15 is 0 Å². The lowest BCUT2D eigenvalue weighted by atomic mass is 10.1. The lowest BCUT2D eigenvalue weighted by Gasteiger charge is -2.34. The quantitative estimate of drug-likeness (QED) is 0.261. The molecule has 0 spiro atoms. The molecule has 4 rings (SSSR count). The van der Waals surface area contributed by atoms with E-state index in [0.717, 1.165) is 35.6 Å². The van der Waals surface area contributed by atoms with Crippen LogP contribution in [-0.4, -0.2) is 43.8 Å². The Labute approximate surface area is 256 Å². The second kappa shape index (κ2) is 13.9. The molecule has 1 aliphatic carbocycles. The molecule has 1 saturated carbocycles. The first-order valence-corrected chi connectivity index (χ1v) is 16.1. The fourth-order valence-corrected chi connectivity index (χ4v) is 7.04. The van der Waals surface area contributed by atoms with Gasteiger partial charge in [0.05, 0.1) is 10.6 Å². The van der Waals surface area contributed by atoms with Gasteiger partial charge < -0.3 is 10.2 Å². The minimum absolute atomic E-state index is 0.0203. The molecule has 224 valence electrons. The van der Waals surface area contributed by atoms with Crippen LogP contribution in [-0.2, 0) is 26.2 Å². The first-order chi connectivity index (χ1) is 20.0. The summed E-state index contributed by atoms with van der Waals surface area (Å²) in [4.78, 5) is 29.0. The maximum atomic E-state index is 14.1. The molecule has 1 unspecified atom stereocenters. The molecule has 3 aromatic carbocycles. The third-order valence-electron chi connectivity index (χ3n) is 7.38. The van der Waals surface area contributed by atoms with Crippen molar-refractivity contribution in [2.45, 2.75) is 69.5 Å². The van der Waals surface area contributed by atoms with Gasteiger partial charge in [-0.05, 0) is 74.2 Å². The number of amides is 2. The molecular weight excluding hydrogens is 600 g/mol. The number of hydrogen-bond acceptors (Lipinski definition) is 4. The van der Waals surface area contributed by atoms with Crippen molar-refractivity contribution in [1.82, 2.24) is 10.2 Å². The van der Waals surface area contributed by atoms with Crippen LogP contribution in [0.25, 0.3) is 0 Å². The van der Waals surface area contributed by atoms with E-state index in [2.05, 4.69) is 5.32 Å². The van der Waals surface area contributed by atoms with Crippen LogP contribution >= 0.6 is 23.2 Å². The van der Waals surface area contributed by atoms with Gasteiger partial charge in [0.15, 0.2) is 0 Å². The van der Waals surface area contributed by atoms with Gasteiger partial charge in [-0.25, -0.2) is 12.8 Å². The van der Waals surface area contributed by atoms with E-state index in [4.69, 9.17) is 23.2 Å². The third kappa shape index (κ3) is 7.82. The number of hydrogen-bond donors (Lipinski definition) is 1. The van der Waals surface area contributed by atoms with Gasteiger partial charge in [-0.3, -0.25) is 13.9 Å². The Bertz CT molecular complexity index is 1490. The van der Waals surface area contributed by atoms with Crippen molar-refractivity contribution in [1.29, 1.82) is 0 Å². The molecule has 0 bridgehead atoms. The summed E-state index contributed by atoms with van der Waals surface area (Å²) in [5.41, 5.74) is 1.56. The molecule has 0 radical (unpaired) electrons. The molecule has 1 fully saturated rings. The molecule has 42 heavy (non-hydrogen) atoms. The zero-order valence-corrected chi connectivity index (χ0v) is 25.9. The molecule has 11 heteroatoms. The molecule has 0 aromatic heterocycles. The number of halogens is 3. The molecule has 7 nitrogen and oxygen atoms in total. The fraction of sp³-hybridized carbons (Fsp3) is 0.355. The van der Waals surface area contributed by atoms with E-state index in [1.54, 1.807) is 19.1 Å². The summed E-state index contributed by atoms with van der Waals surface area (Å²) < 4.78 is 42.6. The smallest absolute Gasteiger partial charge is 0.264 e. The maximum absolute atomic E-state index is 14.1. The standard InChI is InChI=1S/C31H34Cl2FN3O4S/c1-3-29(31(39)35-26-6-4-5-7-26)36(19-22-10-12-25(34)13-11-22)30(38)20-37(27-17-23(32)16-24(33)18-27)42(40,41)28-14-8-21(2)9-15-28/h8-18,26,29H,3-7,19-20H2,1-2H3,(H,35,39). The summed E-state index contributed by atoms with van der Waals surface area (Å²) in [6.45, 7) is 2.98. The predicted molar refractivity (Wildman–Crippen MR) is 164 cm³/mol. The summed E-state index contributed by atoms with van der Waals surface area (Å²) in [6.07, 6.45) is 4.07. The molecule has 0 heterocycles. The Kier molecular flexibility index (Phi) is 10.5. The van der Waals surface area contributed by atoms with Gasteiger partial charge in [-0.15, -0.1) is 0 Å². The van der Waals surface area contributed by atoms with Crippen molar-refractivity contribution in [3.63, 3.8) is 0 Å². The summed E-state index contributed by atoms with van der Waals surface area (Å²) in [6, 6.07) is 15.3. The zero-order chi connectivity index (χ0) is 30.4. The number of anilines is 1. The second-order valence-corrected chi connectivity index (χ2v) is 13.2. The summed E-state index contributed by atoms with van der Waals surface area (Å²) in [7, 11) is -4.26. The van der Waals surface area contributed by atoms with Crippen LogP contribution in [0.3, 0.4) is 0 Å². The molecule has 1 N–H and O–H groups in total. The Hall–Kier alpha value is -3.14. The van der Waals surface area contributed by atoms with Gasteiger partial charge >= 0.3 is 0 Å². The van der Waals surface area contributed by atoms with E-state index in [1.165, 1.54) is 59.5 Å². The van der Waals surface area contributed by atoms with Crippen molar-refractivity contribution >= 4 is 50.7 Å². The van der Waals surface area contributed by atoms with Gasteiger partial charge in [0.2, 0.25) is 11.8 Å². The minimum Gasteiger partial charge on any atom is -0.352 e. The monoisotopic (exact) mass is 633 g/mol. The Morgan fingerprint density at radius 2 is 1.57 bits per heavy atom. The molecule has 3 aromatic rings. The third-order valence-corrected chi connectivity index (χ3v) is 9.60. The summed E-state index contributed by atoms with van der Waals surface area (Å²) >= 11 is 12.5. The minimum atomic E-state index is -4.26. The number of sulfonamides is 1. The van der Waals surface area contributed by atoms with Gasteiger partial charge in [0, 0.05) is 22.6 Å². The van der Waals surface area contributed by atoms with Crippen LogP contribution in [0.15, 0.2) is 71.6 Å². The highest BCUT2D eigenvalue weighted by Crippen LogP contribution is 2.30. The molecule has 2 amide bonds. The van der Waals surface area contributed by atoms with E-state index in [1.807, 2.05) is 6.92 Å². The van der Waals surface area contributed by atoms with Crippen LogP contribution in [0.1, 0.15) is 50.2 Å². The molecule has 1 aliphatic rings. The van der Waals surface area contributed by atoms with E-state index < -0.39 is 34.3 Å². The van der Waals surface area contributed by atoms with E-state index in [-0.39, 0.29) is 39.1 Å². The van der Waals surface area contributed by atoms with Crippen LogP contribution in [0, 0.1) is 12.7 Å². The molecule has 0 aliphatic heterocycles. The first kappa shape index (κ1) is 31.8. The van der Waals surface area contributed by atoms with Crippen molar-refractivity contribution < 1.29 is 22.4 Å². The Morgan fingerprint density at radius 1 is 0.976 bits per heavy atom. The highest BCUT2D eigenvalue weighted by molar-refractivity contribution is 7.92. The highest BCUT2D eigenvalue weighted by atomic mass is 35.5. The van der Waals surface area contributed by atoms with Crippen molar-refractivity contribution in [2.75, 3.05) is 10.8 Å². The fourth-order valence-electron chi connectivity index (χ4n) is 5.12. The van der Waals surface area contributed by atoms with Crippen molar-refractivity contribution in [3.05, 3.63) is 93.7 Å². The number of carbonyl (C=O) groups excluding carboxylic acids is 2. The van der Waals surface area contributed by atoms with Crippen LogP contribution < -0.4 is 9.62 Å². The number of benzene rings is 3. The zero-order valence-electron chi connectivity index (χ0n) is 23.5. The van der Waals surface area contributed by atoms with Crippen LogP contribution in [0.2, 0.25) is 10.0 Å². The predicted octanol–water partition coefficient (Wildman–Crippen LogP) is 6.50.